The third-order valence-corrected chi connectivity index (χ3v) is 4.29. The lowest BCUT2D eigenvalue weighted by Crippen LogP contribution is -2.65. The molecule has 5 heteroatoms. The molecule has 21 heavy (non-hydrogen) atoms. The van der Waals surface area contributed by atoms with Crippen molar-refractivity contribution in [2.75, 3.05) is 13.1 Å². The summed E-state index contributed by atoms with van der Waals surface area (Å²) in [7, 11) is 0. The van der Waals surface area contributed by atoms with Crippen LogP contribution in [-0.4, -0.2) is 39.6 Å². The summed E-state index contributed by atoms with van der Waals surface area (Å²) in [5, 5.41) is 10.6. The van der Waals surface area contributed by atoms with Gasteiger partial charge in [0.25, 0.3) is 5.91 Å². The van der Waals surface area contributed by atoms with Crippen molar-refractivity contribution in [3.05, 3.63) is 28.5 Å². The van der Waals surface area contributed by atoms with Crippen LogP contribution in [0.1, 0.15) is 50.7 Å². The average Bonchev–Trinajstić information content (AvgIpc) is 2.32. The standard InChI is InChI=1S/C16H23ClN2O2/c1-10(2)16(21)8-19(9-16)14(20)11-6-12(15(3,4)5)18-13(17)7-11/h6-7,10,21H,8-9H2,1-5H3. The first-order valence-corrected chi connectivity index (χ1v) is 7.60. The molecule has 1 aliphatic rings. The van der Waals surface area contributed by atoms with E-state index in [1.807, 2.05) is 34.6 Å². The summed E-state index contributed by atoms with van der Waals surface area (Å²) in [6.45, 7) is 10.7. The van der Waals surface area contributed by atoms with Crippen molar-refractivity contribution >= 4 is 17.5 Å². The number of nitrogens with zero attached hydrogens (tertiary/aromatic N) is 2. The highest BCUT2D eigenvalue weighted by Crippen LogP contribution is 2.31. The van der Waals surface area contributed by atoms with E-state index in [0.29, 0.717) is 23.8 Å². The Morgan fingerprint density at radius 3 is 2.43 bits per heavy atom. The predicted molar refractivity (Wildman–Crippen MR) is 83.6 cm³/mol. The van der Waals surface area contributed by atoms with Gasteiger partial charge in [0.2, 0.25) is 0 Å². The number of aliphatic hydroxyl groups is 1. The van der Waals surface area contributed by atoms with Gasteiger partial charge in [0.15, 0.2) is 0 Å². The van der Waals surface area contributed by atoms with Gasteiger partial charge in [-0.1, -0.05) is 46.2 Å². The van der Waals surface area contributed by atoms with Gasteiger partial charge in [0.1, 0.15) is 10.8 Å². The van der Waals surface area contributed by atoms with Crippen LogP contribution in [0, 0.1) is 5.92 Å². The first kappa shape index (κ1) is 16.2. The number of carbonyl (C=O) groups is 1. The molecule has 0 spiro atoms. The molecule has 1 aromatic rings. The van der Waals surface area contributed by atoms with Crippen LogP contribution >= 0.6 is 11.6 Å². The summed E-state index contributed by atoms with van der Waals surface area (Å²) in [6, 6.07) is 3.38. The molecule has 1 saturated heterocycles. The van der Waals surface area contributed by atoms with Gasteiger partial charge in [-0.25, -0.2) is 4.98 Å². The molecule has 0 aromatic carbocycles. The van der Waals surface area contributed by atoms with Crippen molar-refractivity contribution in [2.45, 2.75) is 45.6 Å². The number of rotatable bonds is 2. The second-order valence-electron chi connectivity index (χ2n) is 7.23. The summed E-state index contributed by atoms with van der Waals surface area (Å²) < 4.78 is 0. The number of β-amino-alcohol motifs (C(OH)–C–C–N with tert-alkyl or cyclic N) is 1. The maximum Gasteiger partial charge on any atom is 0.254 e. The number of pyridine rings is 1. The molecule has 4 nitrogen and oxygen atoms in total. The van der Waals surface area contributed by atoms with Gasteiger partial charge in [-0.3, -0.25) is 4.79 Å². The maximum atomic E-state index is 12.5. The monoisotopic (exact) mass is 310 g/mol. The topological polar surface area (TPSA) is 53.4 Å². The Hall–Kier alpha value is -1.13. The van der Waals surface area contributed by atoms with Crippen LogP contribution in [0.3, 0.4) is 0 Å². The lowest BCUT2D eigenvalue weighted by Gasteiger charge is -2.49. The molecule has 0 unspecified atom stereocenters. The predicted octanol–water partition coefficient (Wildman–Crippen LogP) is 2.88. The third kappa shape index (κ3) is 3.22. The number of likely N-dealkylation sites (tertiary alicyclic amines) is 1. The second kappa shape index (κ2) is 5.25. The zero-order valence-electron chi connectivity index (χ0n) is 13.3. The highest BCUT2D eigenvalue weighted by molar-refractivity contribution is 6.29. The summed E-state index contributed by atoms with van der Waals surface area (Å²) >= 11 is 6.04. The van der Waals surface area contributed by atoms with Gasteiger partial charge in [-0.2, -0.15) is 0 Å². The molecular weight excluding hydrogens is 288 g/mol. The highest BCUT2D eigenvalue weighted by atomic mass is 35.5. The fourth-order valence-corrected chi connectivity index (χ4v) is 2.52. The summed E-state index contributed by atoms with van der Waals surface area (Å²) in [5.74, 6) is 0.0304. The number of hydrogen-bond donors (Lipinski definition) is 1. The SMILES string of the molecule is CC(C)C1(O)CN(C(=O)c2cc(Cl)nc(C(C)(C)C)c2)C1. The van der Waals surface area contributed by atoms with Crippen molar-refractivity contribution in [1.82, 2.24) is 9.88 Å². The molecule has 2 heterocycles. The number of carbonyl (C=O) groups excluding carboxylic acids is 1. The number of hydrogen-bond acceptors (Lipinski definition) is 3. The van der Waals surface area contributed by atoms with E-state index in [1.54, 1.807) is 17.0 Å². The normalized spacial score (nSPS) is 17.8. The minimum Gasteiger partial charge on any atom is -0.386 e. The first-order chi connectivity index (χ1) is 9.53. The van der Waals surface area contributed by atoms with E-state index in [9.17, 15) is 9.90 Å². The Labute approximate surface area is 131 Å². The zero-order chi connectivity index (χ0) is 16.0. The molecule has 0 aliphatic carbocycles. The third-order valence-electron chi connectivity index (χ3n) is 4.10. The van der Waals surface area contributed by atoms with Crippen molar-refractivity contribution < 1.29 is 9.90 Å². The van der Waals surface area contributed by atoms with Gasteiger partial charge >= 0.3 is 0 Å². The van der Waals surface area contributed by atoms with E-state index >= 15 is 0 Å². The van der Waals surface area contributed by atoms with Crippen LogP contribution in [0.25, 0.3) is 0 Å². The molecule has 2 rings (SSSR count). The van der Waals surface area contributed by atoms with E-state index in [0.717, 1.165) is 5.69 Å². The fraction of sp³-hybridized carbons (Fsp3) is 0.625. The van der Waals surface area contributed by atoms with E-state index in [1.165, 1.54) is 0 Å². The Morgan fingerprint density at radius 2 is 1.95 bits per heavy atom. The van der Waals surface area contributed by atoms with Crippen LogP contribution in [0.2, 0.25) is 5.15 Å². The Bertz CT molecular complexity index is 558. The summed E-state index contributed by atoms with van der Waals surface area (Å²) in [6.07, 6.45) is 0. The first-order valence-electron chi connectivity index (χ1n) is 7.23. The lowest BCUT2D eigenvalue weighted by molar-refractivity contribution is -0.110. The van der Waals surface area contributed by atoms with Gasteiger partial charge in [0, 0.05) is 16.7 Å². The smallest absolute Gasteiger partial charge is 0.254 e. The Balaban J connectivity index is 2.20. The van der Waals surface area contributed by atoms with Crippen LogP contribution < -0.4 is 0 Å². The minimum absolute atomic E-state index is 0.102. The molecule has 1 N–H and O–H groups in total. The molecule has 116 valence electrons. The molecule has 1 fully saturated rings. The summed E-state index contributed by atoms with van der Waals surface area (Å²) in [4.78, 5) is 18.4. The summed E-state index contributed by atoms with van der Waals surface area (Å²) in [5.41, 5.74) is 0.385. The van der Waals surface area contributed by atoms with Crippen LogP contribution in [0.5, 0.6) is 0 Å². The van der Waals surface area contributed by atoms with E-state index in [2.05, 4.69) is 4.98 Å². The maximum absolute atomic E-state index is 12.5. The van der Waals surface area contributed by atoms with Crippen molar-refractivity contribution in [2.24, 2.45) is 5.92 Å². The molecule has 1 aromatic heterocycles. The van der Waals surface area contributed by atoms with E-state index in [4.69, 9.17) is 11.6 Å². The molecular formula is C16H23ClN2O2. The van der Waals surface area contributed by atoms with Crippen molar-refractivity contribution in [1.29, 1.82) is 0 Å². The largest absolute Gasteiger partial charge is 0.386 e. The van der Waals surface area contributed by atoms with Gasteiger partial charge in [-0.15, -0.1) is 0 Å². The van der Waals surface area contributed by atoms with E-state index in [-0.39, 0.29) is 17.2 Å². The molecule has 0 atom stereocenters. The van der Waals surface area contributed by atoms with Crippen molar-refractivity contribution in [3.8, 4) is 0 Å². The molecule has 1 amide bonds. The number of halogens is 1. The fourth-order valence-electron chi connectivity index (χ4n) is 2.31. The minimum atomic E-state index is -0.765. The quantitative estimate of drug-likeness (QED) is 0.855. The van der Waals surface area contributed by atoms with Gasteiger partial charge in [0.05, 0.1) is 13.1 Å². The molecule has 0 bridgehead atoms. The average molecular weight is 311 g/mol. The van der Waals surface area contributed by atoms with Crippen LogP contribution in [-0.2, 0) is 5.41 Å². The molecule has 0 saturated carbocycles. The lowest BCUT2D eigenvalue weighted by atomic mass is 9.82. The number of aromatic nitrogens is 1. The highest BCUT2D eigenvalue weighted by Gasteiger charge is 2.46. The second-order valence-corrected chi connectivity index (χ2v) is 7.62. The van der Waals surface area contributed by atoms with Gasteiger partial charge < -0.3 is 10.0 Å². The Morgan fingerprint density at radius 1 is 1.38 bits per heavy atom. The number of amides is 1. The molecule has 1 aliphatic heterocycles. The van der Waals surface area contributed by atoms with E-state index < -0.39 is 5.60 Å². The van der Waals surface area contributed by atoms with Crippen molar-refractivity contribution in [3.63, 3.8) is 0 Å². The van der Waals surface area contributed by atoms with Gasteiger partial charge in [-0.05, 0) is 18.1 Å². The molecule has 0 radical (unpaired) electrons. The Kier molecular flexibility index (Phi) is 4.06. The van der Waals surface area contributed by atoms with Crippen LogP contribution in [0.15, 0.2) is 12.1 Å². The van der Waals surface area contributed by atoms with Crippen LogP contribution in [0.4, 0.5) is 0 Å². The zero-order valence-corrected chi connectivity index (χ0v) is 14.0.